The predicted molar refractivity (Wildman–Crippen MR) is 78.0 cm³/mol. The number of anilines is 2. The Kier molecular flexibility index (Phi) is 2.74. The van der Waals surface area contributed by atoms with Crippen molar-refractivity contribution in [2.75, 3.05) is 36.8 Å². The molecule has 1 saturated heterocycles. The quantitative estimate of drug-likeness (QED) is 0.702. The van der Waals surface area contributed by atoms with Crippen LogP contribution in [0.3, 0.4) is 0 Å². The van der Waals surface area contributed by atoms with E-state index in [4.69, 9.17) is 10.2 Å². The molecule has 3 aromatic rings. The fourth-order valence-electron chi connectivity index (χ4n) is 2.45. The summed E-state index contributed by atoms with van der Waals surface area (Å²) in [6.45, 7) is 3.58. The van der Waals surface area contributed by atoms with Crippen LogP contribution in [-0.4, -0.2) is 45.8 Å². The summed E-state index contributed by atoms with van der Waals surface area (Å²) in [6.07, 6.45) is 1.61. The predicted octanol–water partition coefficient (Wildman–Crippen LogP) is 0.376. The highest BCUT2D eigenvalue weighted by Gasteiger charge is 2.17. The molecule has 1 aliphatic rings. The lowest BCUT2D eigenvalue weighted by Gasteiger charge is -2.27. The molecule has 1 fully saturated rings. The molecule has 0 spiro atoms. The molecule has 108 valence electrons. The van der Waals surface area contributed by atoms with Crippen molar-refractivity contribution in [3.8, 4) is 11.5 Å². The number of furan rings is 1. The Bertz CT molecular complexity index is 758. The van der Waals surface area contributed by atoms with Gasteiger partial charge in [0.2, 0.25) is 11.9 Å². The van der Waals surface area contributed by atoms with Gasteiger partial charge >= 0.3 is 0 Å². The van der Waals surface area contributed by atoms with Crippen LogP contribution in [0.4, 0.5) is 11.9 Å². The molecule has 0 atom stereocenters. The van der Waals surface area contributed by atoms with E-state index < -0.39 is 0 Å². The van der Waals surface area contributed by atoms with E-state index in [2.05, 4.69) is 25.3 Å². The zero-order valence-electron chi connectivity index (χ0n) is 11.4. The van der Waals surface area contributed by atoms with E-state index in [1.807, 2.05) is 18.2 Å². The summed E-state index contributed by atoms with van der Waals surface area (Å²) in [7, 11) is 0. The molecule has 8 nitrogen and oxygen atoms in total. The summed E-state index contributed by atoms with van der Waals surface area (Å²) >= 11 is 0. The Morgan fingerprint density at radius 2 is 2.10 bits per heavy atom. The van der Waals surface area contributed by atoms with E-state index in [0.29, 0.717) is 29.0 Å². The summed E-state index contributed by atoms with van der Waals surface area (Å²) in [6, 6.07) is 5.52. The molecule has 4 heterocycles. The number of hydrogen-bond acceptors (Lipinski definition) is 7. The average Bonchev–Trinajstić information content (AvgIpc) is 3.17. The Morgan fingerprint density at radius 3 is 2.86 bits per heavy atom. The van der Waals surface area contributed by atoms with E-state index in [-0.39, 0.29) is 0 Å². The number of nitrogens with two attached hydrogens (primary N) is 1. The van der Waals surface area contributed by atoms with Crippen molar-refractivity contribution in [2.24, 2.45) is 0 Å². The molecule has 3 aromatic heterocycles. The Balaban J connectivity index is 1.78. The summed E-state index contributed by atoms with van der Waals surface area (Å²) in [5.41, 5.74) is 7.37. The molecule has 0 amide bonds. The van der Waals surface area contributed by atoms with E-state index in [9.17, 15) is 0 Å². The maximum atomic E-state index is 6.01. The molecule has 0 aliphatic carbocycles. The fraction of sp³-hybridized carbons (Fsp3) is 0.308. The number of fused-ring (bicyclic) bond motifs is 1. The Morgan fingerprint density at radius 1 is 1.24 bits per heavy atom. The number of piperazine rings is 1. The smallest absolute Gasteiger partial charge is 0.230 e. The minimum atomic E-state index is 0.325. The SMILES string of the molecule is Nc1nc(N2CCNCC2)nc2cc(-c3ccco3)nn12. The highest BCUT2D eigenvalue weighted by atomic mass is 16.3. The van der Waals surface area contributed by atoms with Crippen molar-refractivity contribution in [1.29, 1.82) is 0 Å². The van der Waals surface area contributed by atoms with Crippen LogP contribution in [0.15, 0.2) is 28.9 Å². The molecule has 0 bridgehead atoms. The first-order valence-electron chi connectivity index (χ1n) is 6.84. The topological polar surface area (TPSA) is 97.5 Å². The minimum Gasteiger partial charge on any atom is -0.463 e. The number of nitrogens with one attached hydrogen (secondary N) is 1. The first-order chi connectivity index (χ1) is 10.3. The standard InChI is InChI=1S/C13H15N7O/c14-12-17-13(19-5-3-15-4-6-19)16-11-8-9(18-20(11)12)10-2-1-7-21-10/h1-2,7-8,15H,3-6H2,(H2,14,16,17). The highest BCUT2D eigenvalue weighted by Crippen LogP contribution is 2.21. The molecule has 3 N–H and O–H groups in total. The number of rotatable bonds is 2. The Hall–Kier alpha value is -2.61. The van der Waals surface area contributed by atoms with Gasteiger partial charge < -0.3 is 20.4 Å². The summed E-state index contributed by atoms with van der Waals surface area (Å²) < 4.78 is 6.88. The average molecular weight is 285 g/mol. The fourth-order valence-corrected chi connectivity index (χ4v) is 2.45. The minimum absolute atomic E-state index is 0.325. The second kappa shape index (κ2) is 4.74. The lowest BCUT2D eigenvalue weighted by Crippen LogP contribution is -2.44. The van der Waals surface area contributed by atoms with Gasteiger partial charge in [-0.2, -0.15) is 19.6 Å². The zero-order chi connectivity index (χ0) is 14.2. The van der Waals surface area contributed by atoms with Crippen LogP contribution in [-0.2, 0) is 0 Å². The van der Waals surface area contributed by atoms with Gasteiger partial charge in [0.1, 0.15) is 5.69 Å². The number of aromatic nitrogens is 4. The normalized spacial score (nSPS) is 15.7. The molecule has 4 rings (SSSR count). The van der Waals surface area contributed by atoms with Gasteiger partial charge in [-0.15, -0.1) is 0 Å². The van der Waals surface area contributed by atoms with Crippen molar-refractivity contribution in [1.82, 2.24) is 24.9 Å². The van der Waals surface area contributed by atoms with E-state index >= 15 is 0 Å². The molecule has 21 heavy (non-hydrogen) atoms. The van der Waals surface area contributed by atoms with Crippen LogP contribution in [0, 0.1) is 0 Å². The Labute approximate surface area is 120 Å². The maximum absolute atomic E-state index is 6.01. The summed E-state index contributed by atoms with van der Waals surface area (Å²) in [5.74, 6) is 1.65. The molecule has 0 radical (unpaired) electrons. The first kappa shape index (κ1) is 12.2. The monoisotopic (exact) mass is 285 g/mol. The molecule has 0 unspecified atom stereocenters. The van der Waals surface area contributed by atoms with Gasteiger partial charge in [0.15, 0.2) is 11.4 Å². The van der Waals surface area contributed by atoms with Crippen molar-refractivity contribution in [2.45, 2.75) is 0 Å². The van der Waals surface area contributed by atoms with Crippen LogP contribution in [0.25, 0.3) is 17.1 Å². The zero-order valence-corrected chi connectivity index (χ0v) is 11.4. The largest absolute Gasteiger partial charge is 0.463 e. The van der Waals surface area contributed by atoms with Crippen molar-refractivity contribution < 1.29 is 4.42 Å². The maximum Gasteiger partial charge on any atom is 0.230 e. The van der Waals surface area contributed by atoms with Crippen LogP contribution >= 0.6 is 0 Å². The van der Waals surface area contributed by atoms with Crippen LogP contribution in [0.2, 0.25) is 0 Å². The summed E-state index contributed by atoms with van der Waals surface area (Å²) in [5, 5.41) is 7.68. The molecule has 1 aliphatic heterocycles. The van der Waals surface area contributed by atoms with Gasteiger partial charge in [0.05, 0.1) is 6.26 Å². The highest BCUT2D eigenvalue weighted by molar-refractivity contribution is 5.61. The van der Waals surface area contributed by atoms with Crippen molar-refractivity contribution in [3.63, 3.8) is 0 Å². The van der Waals surface area contributed by atoms with E-state index in [1.165, 1.54) is 4.52 Å². The third kappa shape index (κ3) is 2.09. The van der Waals surface area contributed by atoms with E-state index in [1.54, 1.807) is 6.26 Å². The van der Waals surface area contributed by atoms with Crippen molar-refractivity contribution >= 4 is 17.5 Å². The molecular weight excluding hydrogens is 270 g/mol. The second-order valence-electron chi connectivity index (χ2n) is 4.90. The number of nitrogens with zero attached hydrogens (tertiary/aromatic N) is 5. The number of nitrogen functional groups attached to an aromatic ring is 1. The van der Waals surface area contributed by atoms with Gasteiger partial charge in [0, 0.05) is 32.2 Å². The van der Waals surface area contributed by atoms with Crippen LogP contribution in [0.1, 0.15) is 0 Å². The second-order valence-corrected chi connectivity index (χ2v) is 4.90. The van der Waals surface area contributed by atoms with Gasteiger partial charge in [-0.25, -0.2) is 0 Å². The lowest BCUT2D eigenvalue weighted by atomic mass is 10.3. The van der Waals surface area contributed by atoms with Crippen molar-refractivity contribution in [3.05, 3.63) is 24.5 Å². The van der Waals surface area contributed by atoms with Crippen LogP contribution in [0.5, 0.6) is 0 Å². The molecule has 8 heteroatoms. The number of hydrogen-bond donors (Lipinski definition) is 2. The molecule has 0 saturated carbocycles. The third-order valence-electron chi connectivity index (χ3n) is 3.51. The van der Waals surface area contributed by atoms with E-state index in [0.717, 1.165) is 26.2 Å². The van der Waals surface area contributed by atoms with Gasteiger partial charge in [0.25, 0.3) is 0 Å². The van der Waals surface area contributed by atoms with Gasteiger partial charge in [-0.1, -0.05) is 0 Å². The molecular formula is C13H15N7O. The third-order valence-corrected chi connectivity index (χ3v) is 3.51. The van der Waals surface area contributed by atoms with Gasteiger partial charge in [-0.3, -0.25) is 0 Å². The molecule has 0 aromatic carbocycles. The lowest BCUT2D eigenvalue weighted by molar-refractivity contribution is 0.578. The van der Waals surface area contributed by atoms with Crippen LogP contribution < -0.4 is 16.0 Å². The summed E-state index contributed by atoms with van der Waals surface area (Å²) in [4.78, 5) is 11.0. The first-order valence-corrected chi connectivity index (χ1v) is 6.84. The van der Waals surface area contributed by atoms with Gasteiger partial charge in [-0.05, 0) is 12.1 Å².